The number of benzene rings is 1. The Kier molecular flexibility index (Phi) is 2.26. The van der Waals surface area contributed by atoms with Gasteiger partial charge in [0.1, 0.15) is 18.9 Å². The Morgan fingerprint density at radius 1 is 1.21 bits per heavy atom. The van der Waals surface area contributed by atoms with Crippen molar-refractivity contribution in [3.8, 4) is 11.5 Å². The number of oxime groups is 1. The Labute approximate surface area is 81.8 Å². The summed E-state index contributed by atoms with van der Waals surface area (Å²) in [5.74, 6) is 1.39. The number of rotatable bonds is 0. The molecule has 0 aliphatic carbocycles. The summed E-state index contributed by atoms with van der Waals surface area (Å²) < 4.78 is 10.8. The smallest absolute Gasteiger partial charge is 0.162 e. The second kappa shape index (κ2) is 3.57. The SMILES string of the molecule is Cc1ccc2c(c1)OC/C(=N/O)CO2. The summed E-state index contributed by atoms with van der Waals surface area (Å²) in [6, 6.07) is 5.70. The van der Waals surface area contributed by atoms with Crippen LogP contribution in [0, 0.1) is 6.92 Å². The van der Waals surface area contributed by atoms with E-state index in [0.717, 1.165) is 5.56 Å². The van der Waals surface area contributed by atoms with Gasteiger partial charge in [0.15, 0.2) is 11.5 Å². The van der Waals surface area contributed by atoms with Crippen molar-refractivity contribution in [3.05, 3.63) is 23.8 Å². The number of ether oxygens (including phenoxy) is 2. The average molecular weight is 193 g/mol. The van der Waals surface area contributed by atoms with E-state index in [-0.39, 0.29) is 13.2 Å². The number of hydrogen-bond acceptors (Lipinski definition) is 4. The summed E-state index contributed by atoms with van der Waals surface area (Å²) in [5.41, 5.74) is 1.59. The van der Waals surface area contributed by atoms with Gasteiger partial charge in [-0.2, -0.15) is 0 Å². The van der Waals surface area contributed by atoms with Crippen LogP contribution in [-0.2, 0) is 0 Å². The van der Waals surface area contributed by atoms with Crippen molar-refractivity contribution in [1.82, 2.24) is 0 Å². The maximum Gasteiger partial charge on any atom is 0.162 e. The highest BCUT2D eigenvalue weighted by molar-refractivity contribution is 5.87. The van der Waals surface area contributed by atoms with Crippen LogP contribution in [0.5, 0.6) is 11.5 Å². The van der Waals surface area contributed by atoms with Gasteiger partial charge in [-0.15, -0.1) is 0 Å². The summed E-state index contributed by atoms with van der Waals surface area (Å²) >= 11 is 0. The van der Waals surface area contributed by atoms with Crippen molar-refractivity contribution in [1.29, 1.82) is 0 Å². The normalized spacial score (nSPS) is 17.9. The van der Waals surface area contributed by atoms with E-state index in [1.54, 1.807) is 0 Å². The molecule has 0 amide bonds. The fourth-order valence-corrected chi connectivity index (χ4v) is 1.27. The number of aryl methyl sites for hydroxylation is 1. The van der Waals surface area contributed by atoms with Gasteiger partial charge in [0.05, 0.1) is 0 Å². The van der Waals surface area contributed by atoms with Crippen LogP contribution in [0.3, 0.4) is 0 Å². The Hall–Kier alpha value is -1.71. The van der Waals surface area contributed by atoms with E-state index in [1.807, 2.05) is 25.1 Å². The van der Waals surface area contributed by atoms with Crippen LogP contribution in [0.1, 0.15) is 5.56 Å². The Bertz CT molecular complexity index is 374. The van der Waals surface area contributed by atoms with Gasteiger partial charge in [-0.3, -0.25) is 0 Å². The third-order valence-electron chi connectivity index (χ3n) is 2.03. The van der Waals surface area contributed by atoms with Crippen molar-refractivity contribution in [2.24, 2.45) is 5.16 Å². The number of nitrogens with zero attached hydrogens (tertiary/aromatic N) is 1. The minimum absolute atomic E-state index is 0.270. The van der Waals surface area contributed by atoms with Gasteiger partial charge in [-0.1, -0.05) is 11.2 Å². The van der Waals surface area contributed by atoms with E-state index >= 15 is 0 Å². The molecule has 0 bridgehead atoms. The summed E-state index contributed by atoms with van der Waals surface area (Å²) in [7, 11) is 0. The van der Waals surface area contributed by atoms with E-state index in [2.05, 4.69) is 5.16 Å². The van der Waals surface area contributed by atoms with E-state index in [1.165, 1.54) is 0 Å². The monoisotopic (exact) mass is 193 g/mol. The first-order chi connectivity index (χ1) is 6.79. The molecule has 0 saturated carbocycles. The molecule has 0 atom stereocenters. The molecule has 0 saturated heterocycles. The van der Waals surface area contributed by atoms with Crippen LogP contribution in [0.2, 0.25) is 0 Å². The molecule has 4 nitrogen and oxygen atoms in total. The quantitative estimate of drug-likeness (QED) is 0.503. The molecule has 1 aliphatic heterocycles. The molecule has 0 spiro atoms. The largest absolute Gasteiger partial charge is 0.483 e. The minimum atomic E-state index is 0.270. The van der Waals surface area contributed by atoms with Crippen LogP contribution in [0.25, 0.3) is 0 Å². The lowest BCUT2D eigenvalue weighted by molar-refractivity contribution is 0.303. The first-order valence-corrected chi connectivity index (χ1v) is 4.35. The first kappa shape index (κ1) is 8.87. The van der Waals surface area contributed by atoms with Crippen molar-refractivity contribution in [2.75, 3.05) is 13.2 Å². The fraction of sp³-hybridized carbons (Fsp3) is 0.300. The van der Waals surface area contributed by atoms with Gasteiger partial charge in [0.25, 0.3) is 0 Å². The third kappa shape index (κ3) is 1.64. The molecule has 1 aromatic rings. The molecule has 0 aromatic heterocycles. The van der Waals surface area contributed by atoms with Crippen LogP contribution >= 0.6 is 0 Å². The second-order valence-electron chi connectivity index (χ2n) is 3.19. The highest BCUT2D eigenvalue weighted by atomic mass is 16.5. The van der Waals surface area contributed by atoms with Gasteiger partial charge in [0, 0.05) is 0 Å². The third-order valence-corrected chi connectivity index (χ3v) is 2.03. The highest BCUT2D eigenvalue weighted by Crippen LogP contribution is 2.29. The number of hydrogen-bond donors (Lipinski definition) is 1. The van der Waals surface area contributed by atoms with Crippen molar-refractivity contribution in [2.45, 2.75) is 6.92 Å². The molecule has 1 aliphatic rings. The number of fused-ring (bicyclic) bond motifs is 1. The standard InChI is InChI=1S/C10H11NO3/c1-7-2-3-9-10(4-7)14-6-8(11-12)5-13-9/h2-4,12H,5-6H2,1H3/b11-8+. The molecule has 1 aromatic carbocycles. The van der Waals surface area contributed by atoms with Crippen LogP contribution in [0.4, 0.5) is 0 Å². The van der Waals surface area contributed by atoms with Gasteiger partial charge in [-0.25, -0.2) is 0 Å². The van der Waals surface area contributed by atoms with E-state index in [0.29, 0.717) is 17.2 Å². The maximum atomic E-state index is 8.58. The van der Waals surface area contributed by atoms with Crippen LogP contribution in [0.15, 0.2) is 23.4 Å². The molecule has 0 radical (unpaired) electrons. The van der Waals surface area contributed by atoms with E-state index in [9.17, 15) is 0 Å². The Morgan fingerprint density at radius 3 is 2.64 bits per heavy atom. The second-order valence-corrected chi connectivity index (χ2v) is 3.19. The van der Waals surface area contributed by atoms with Crippen LogP contribution in [-0.4, -0.2) is 24.1 Å². The maximum absolute atomic E-state index is 8.58. The molecule has 2 rings (SSSR count). The zero-order valence-corrected chi connectivity index (χ0v) is 7.86. The van der Waals surface area contributed by atoms with Crippen molar-refractivity contribution in [3.63, 3.8) is 0 Å². The lowest BCUT2D eigenvalue weighted by Gasteiger charge is -2.06. The molecular weight excluding hydrogens is 182 g/mol. The fourth-order valence-electron chi connectivity index (χ4n) is 1.27. The minimum Gasteiger partial charge on any atom is -0.483 e. The van der Waals surface area contributed by atoms with Gasteiger partial charge in [0.2, 0.25) is 0 Å². The zero-order chi connectivity index (χ0) is 9.97. The molecule has 4 heteroatoms. The predicted molar refractivity (Wildman–Crippen MR) is 51.4 cm³/mol. The van der Waals surface area contributed by atoms with Gasteiger partial charge in [-0.05, 0) is 24.6 Å². The summed E-state index contributed by atoms with van der Waals surface area (Å²) in [6.45, 7) is 2.52. The Morgan fingerprint density at radius 2 is 1.93 bits per heavy atom. The van der Waals surface area contributed by atoms with E-state index in [4.69, 9.17) is 14.7 Å². The average Bonchev–Trinajstić information content (AvgIpc) is 2.39. The summed E-state index contributed by atoms with van der Waals surface area (Å²) in [5, 5.41) is 11.7. The molecule has 1 heterocycles. The Balaban J connectivity index is 2.30. The zero-order valence-electron chi connectivity index (χ0n) is 7.86. The lowest BCUT2D eigenvalue weighted by Crippen LogP contribution is -2.15. The van der Waals surface area contributed by atoms with E-state index < -0.39 is 0 Å². The summed E-state index contributed by atoms with van der Waals surface area (Å²) in [4.78, 5) is 0. The highest BCUT2D eigenvalue weighted by Gasteiger charge is 2.13. The van der Waals surface area contributed by atoms with Gasteiger partial charge < -0.3 is 14.7 Å². The molecule has 74 valence electrons. The molecule has 1 N–H and O–H groups in total. The van der Waals surface area contributed by atoms with Crippen LogP contribution < -0.4 is 9.47 Å². The molecule has 0 fully saturated rings. The summed E-state index contributed by atoms with van der Waals surface area (Å²) in [6.07, 6.45) is 0. The van der Waals surface area contributed by atoms with Gasteiger partial charge >= 0.3 is 0 Å². The molecule has 0 unspecified atom stereocenters. The molecule has 14 heavy (non-hydrogen) atoms. The topological polar surface area (TPSA) is 51.0 Å². The van der Waals surface area contributed by atoms with Crippen molar-refractivity contribution < 1.29 is 14.7 Å². The lowest BCUT2D eigenvalue weighted by atomic mass is 10.2. The van der Waals surface area contributed by atoms with Crippen molar-refractivity contribution >= 4 is 5.71 Å². The first-order valence-electron chi connectivity index (χ1n) is 4.35. The molecular formula is C10H11NO3. The predicted octanol–water partition coefficient (Wildman–Crippen LogP) is 1.60.